The molecule has 0 atom stereocenters. The average Bonchev–Trinajstić information content (AvgIpc) is 2.24. The van der Waals surface area contributed by atoms with E-state index in [0.717, 1.165) is 0 Å². The molecule has 0 amide bonds. The first-order chi connectivity index (χ1) is 6.25. The van der Waals surface area contributed by atoms with Gasteiger partial charge in [0.15, 0.2) is 4.60 Å². The second kappa shape index (κ2) is 3.51. The van der Waals surface area contributed by atoms with Gasteiger partial charge in [0.2, 0.25) is 5.15 Å². The van der Waals surface area contributed by atoms with E-state index in [1.54, 1.807) is 0 Å². The molecule has 78 valence electrons. The minimum Gasteiger partial charge on any atom is -0.258 e. The fraction of sp³-hybridized carbons (Fsp3) is 0.571. The Morgan fingerprint density at radius 1 is 1.57 bits per heavy atom. The summed E-state index contributed by atoms with van der Waals surface area (Å²) in [7, 11) is 0. The molecule has 5 nitrogen and oxygen atoms in total. The standard InChI is InChI=1S/C7H9BrClN3O2/c1-7(2,3)11-5(8)4(12(13)14)6(9)10-11/h1-3H3. The zero-order chi connectivity index (χ0) is 11.1. The maximum Gasteiger partial charge on any atom is 0.340 e. The second-order valence-corrected chi connectivity index (χ2v) is 4.88. The summed E-state index contributed by atoms with van der Waals surface area (Å²) in [5.74, 6) is 0. The molecule has 0 fully saturated rings. The molecule has 0 aromatic carbocycles. The van der Waals surface area contributed by atoms with Crippen LogP contribution in [0.5, 0.6) is 0 Å². The van der Waals surface area contributed by atoms with E-state index in [2.05, 4.69) is 21.0 Å². The molecule has 0 aliphatic heterocycles. The third-order valence-corrected chi connectivity index (χ3v) is 2.55. The molecule has 0 N–H and O–H groups in total. The van der Waals surface area contributed by atoms with Gasteiger partial charge in [0.25, 0.3) is 0 Å². The van der Waals surface area contributed by atoms with Crippen LogP contribution in [0.4, 0.5) is 5.69 Å². The van der Waals surface area contributed by atoms with Crippen LogP contribution in [0.2, 0.25) is 5.15 Å². The van der Waals surface area contributed by atoms with Crippen LogP contribution < -0.4 is 0 Å². The molecular formula is C7H9BrClN3O2. The van der Waals surface area contributed by atoms with Crippen molar-refractivity contribution in [1.29, 1.82) is 0 Å². The van der Waals surface area contributed by atoms with E-state index in [4.69, 9.17) is 11.6 Å². The number of hydrogen-bond acceptors (Lipinski definition) is 3. The molecule has 0 unspecified atom stereocenters. The van der Waals surface area contributed by atoms with E-state index in [0.29, 0.717) is 4.60 Å². The van der Waals surface area contributed by atoms with Gasteiger partial charge in [-0.05, 0) is 36.7 Å². The second-order valence-electron chi connectivity index (χ2n) is 3.77. The van der Waals surface area contributed by atoms with Crippen molar-refractivity contribution in [2.24, 2.45) is 0 Å². The first-order valence-electron chi connectivity index (χ1n) is 3.84. The molecule has 0 bridgehead atoms. The molecule has 7 heteroatoms. The van der Waals surface area contributed by atoms with E-state index < -0.39 is 4.92 Å². The molecule has 0 radical (unpaired) electrons. The normalized spacial score (nSPS) is 11.8. The first-order valence-corrected chi connectivity index (χ1v) is 5.01. The van der Waals surface area contributed by atoms with Crippen LogP contribution in [0.25, 0.3) is 0 Å². The third kappa shape index (κ3) is 1.90. The highest BCUT2D eigenvalue weighted by atomic mass is 79.9. The van der Waals surface area contributed by atoms with Gasteiger partial charge in [0.05, 0.1) is 10.5 Å². The maximum atomic E-state index is 10.6. The van der Waals surface area contributed by atoms with Crippen molar-refractivity contribution in [3.8, 4) is 0 Å². The zero-order valence-corrected chi connectivity index (χ0v) is 10.3. The Labute approximate surface area is 94.3 Å². The van der Waals surface area contributed by atoms with Crippen LogP contribution >= 0.6 is 27.5 Å². The summed E-state index contributed by atoms with van der Waals surface area (Å²) in [6.07, 6.45) is 0. The Kier molecular flexibility index (Phi) is 2.87. The highest BCUT2D eigenvalue weighted by Crippen LogP contribution is 2.35. The summed E-state index contributed by atoms with van der Waals surface area (Å²) >= 11 is 8.76. The Morgan fingerprint density at radius 3 is 2.29 bits per heavy atom. The van der Waals surface area contributed by atoms with Crippen LogP contribution in [0, 0.1) is 10.1 Å². The van der Waals surface area contributed by atoms with Gasteiger partial charge in [-0.25, -0.2) is 4.68 Å². The smallest absolute Gasteiger partial charge is 0.258 e. The van der Waals surface area contributed by atoms with Crippen LogP contribution in [0.1, 0.15) is 20.8 Å². The Balaban J connectivity index is 3.39. The molecule has 1 rings (SSSR count). The SMILES string of the molecule is CC(C)(C)n1nc(Cl)c([N+](=O)[O-])c1Br. The van der Waals surface area contributed by atoms with Gasteiger partial charge in [0.1, 0.15) is 0 Å². The van der Waals surface area contributed by atoms with E-state index in [-0.39, 0.29) is 16.4 Å². The molecule has 1 heterocycles. The Morgan fingerprint density at radius 2 is 2.07 bits per heavy atom. The van der Waals surface area contributed by atoms with Gasteiger partial charge in [-0.3, -0.25) is 10.1 Å². The number of hydrogen-bond donors (Lipinski definition) is 0. The zero-order valence-electron chi connectivity index (χ0n) is 7.91. The largest absolute Gasteiger partial charge is 0.340 e. The predicted octanol–water partition coefficient (Wildman–Crippen LogP) is 2.96. The van der Waals surface area contributed by atoms with Gasteiger partial charge in [0, 0.05) is 0 Å². The van der Waals surface area contributed by atoms with Gasteiger partial charge in [-0.2, -0.15) is 5.10 Å². The third-order valence-electron chi connectivity index (χ3n) is 1.58. The molecule has 0 aliphatic carbocycles. The van der Waals surface area contributed by atoms with Gasteiger partial charge in [-0.15, -0.1) is 0 Å². The number of rotatable bonds is 1. The predicted molar refractivity (Wildman–Crippen MR) is 56.6 cm³/mol. The fourth-order valence-electron chi connectivity index (χ4n) is 0.960. The fourth-order valence-corrected chi connectivity index (χ4v) is 2.25. The molecule has 0 spiro atoms. The van der Waals surface area contributed by atoms with Crippen molar-refractivity contribution in [3.05, 3.63) is 19.9 Å². The topological polar surface area (TPSA) is 61.0 Å². The van der Waals surface area contributed by atoms with Crippen LogP contribution in [-0.2, 0) is 5.54 Å². The molecule has 0 saturated heterocycles. The summed E-state index contributed by atoms with van der Waals surface area (Å²) in [5.41, 5.74) is -0.543. The van der Waals surface area contributed by atoms with Crippen molar-refractivity contribution >= 4 is 33.2 Å². The molecule has 14 heavy (non-hydrogen) atoms. The van der Waals surface area contributed by atoms with Gasteiger partial charge in [-0.1, -0.05) is 11.6 Å². The molecule has 0 aliphatic rings. The maximum absolute atomic E-state index is 10.6. The van der Waals surface area contributed by atoms with Crippen LogP contribution in [-0.4, -0.2) is 14.7 Å². The van der Waals surface area contributed by atoms with E-state index in [9.17, 15) is 10.1 Å². The van der Waals surface area contributed by atoms with Gasteiger partial charge < -0.3 is 0 Å². The average molecular weight is 283 g/mol. The van der Waals surface area contributed by atoms with E-state index in [1.807, 2.05) is 20.8 Å². The number of aromatic nitrogens is 2. The van der Waals surface area contributed by atoms with Crippen molar-refractivity contribution in [1.82, 2.24) is 9.78 Å². The number of nitrogens with zero attached hydrogens (tertiary/aromatic N) is 3. The Hall–Kier alpha value is -0.620. The van der Waals surface area contributed by atoms with Crippen molar-refractivity contribution in [3.63, 3.8) is 0 Å². The number of nitro groups is 1. The molecule has 1 aromatic rings. The lowest BCUT2D eigenvalue weighted by Gasteiger charge is -2.19. The van der Waals surface area contributed by atoms with Crippen molar-refractivity contribution < 1.29 is 4.92 Å². The van der Waals surface area contributed by atoms with Gasteiger partial charge >= 0.3 is 5.69 Å². The molecule has 1 aromatic heterocycles. The monoisotopic (exact) mass is 281 g/mol. The Bertz CT molecular complexity index is 383. The van der Waals surface area contributed by atoms with Crippen LogP contribution in [0.3, 0.4) is 0 Å². The summed E-state index contributed by atoms with van der Waals surface area (Å²) in [4.78, 5) is 10.1. The highest BCUT2D eigenvalue weighted by Gasteiger charge is 2.29. The van der Waals surface area contributed by atoms with Crippen molar-refractivity contribution in [2.75, 3.05) is 0 Å². The molecular weight excluding hydrogens is 273 g/mol. The lowest BCUT2D eigenvalue weighted by molar-refractivity contribution is -0.385. The van der Waals surface area contributed by atoms with Crippen molar-refractivity contribution in [2.45, 2.75) is 26.3 Å². The summed E-state index contributed by atoms with van der Waals surface area (Å²) < 4.78 is 1.77. The lowest BCUT2D eigenvalue weighted by Crippen LogP contribution is -2.23. The lowest BCUT2D eigenvalue weighted by atomic mass is 10.1. The van der Waals surface area contributed by atoms with E-state index >= 15 is 0 Å². The summed E-state index contributed by atoms with van der Waals surface area (Å²) in [6, 6.07) is 0. The van der Waals surface area contributed by atoms with Crippen LogP contribution in [0.15, 0.2) is 4.60 Å². The minimum atomic E-state index is -0.554. The highest BCUT2D eigenvalue weighted by molar-refractivity contribution is 9.10. The summed E-state index contributed by atoms with van der Waals surface area (Å²) in [5, 5.41) is 14.4. The minimum absolute atomic E-state index is 0.100. The molecule has 0 saturated carbocycles. The van der Waals surface area contributed by atoms with E-state index in [1.165, 1.54) is 4.68 Å². The summed E-state index contributed by atoms with van der Waals surface area (Å²) in [6.45, 7) is 5.64. The number of halogens is 2. The first kappa shape index (κ1) is 11.5. The quantitative estimate of drug-likeness (QED) is 0.587.